The highest BCUT2D eigenvalue weighted by Crippen LogP contribution is 2.32. The lowest BCUT2D eigenvalue weighted by atomic mass is 9.98. The monoisotopic (exact) mass is 374 g/mol. The van der Waals surface area contributed by atoms with Gasteiger partial charge < -0.3 is 21.5 Å². The molecular formula is C20H18N6O2. The summed E-state index contributed by atoms with van der Waals surface area (Å²) in [6.07, 6.45) is 4.06. The summed E-state index contributed by atoms with van der Waals surface area (Å²) in [7, 11) is 0. The second-order valence-electron chi connectivity index (χ2n) is 6.39. The molecule has 0 spiro atoms. The topological polar surface area (TPSA) is 125 Å². The summed E-state index contributed by atoms with van der Waals surface area (Å²) in [5.41, 5.74) is 9.81. The van der Waals surface area contributed by atoms with Gasteiger partial charge in [0.15, 0.2) is 0 Å². The zero-order valence-electron chi connectivity index (χ0n) is 15.2. The highest BCUT2D eigenvalue weighted by molar-refractivity contribution is 6.11. The van der Waals surface area contributed by atoms with Crippen molar-refractivity contribution in [3.63, 3.8) is 0 Å². The van der Waals surface area contributed by atoms with Crippen molar-refractivity contribution in [2.75, 3.05) is 11.9 Å². The molecule has 0 aliphatic carbocycles. The van der Waals surface area contributed by atoms with Gasteiger partial charge in [-0.2, -0.15) is 5.10 Å². The lowest BCUT2D eigenvalue weighted by molar-refractivity contribution is -0.112. The van der Waals surface area contributed by atoms with Crippen molar-refractivity contribution in [2.24, 2.45) is 10.8 Å². The van der Waals surface area contributed by atoms with Gasteiger partial charge in [-0.1, -0.05) is 18.1 Å². The molecule has 8 nitrogen and oxygen atoms in total. The molecule has 28 heavy (non-hydrogen) atoms. The van der Waals surface area contributed by atoms with Crippen molar-refractivity contribution in [2.45, 2.75) is 19.4 Å². The summed E-state index contributed by atoms with van der Waals surface area (Å²) < 4.78 is 0. The zero-order chi connectivity index (χ0) is 19.7. The summed E-state index contributed by atoms with van der Waals surface area (Å²) in [5.74, 6) is 4.91. The van der Waals surface area contributed by atoms with Crippen molar-refractivity contribution in [1.82, 2.24) is 15.4 Å². The van der Waals surface area contributed by atoms with Crippen molar-refractivity contribution in [1.29, 1.82) is 0 Å². The van der Waals surface area contributed by atoms with E-state index in [9.17, 15) is 9.59 Å². The average molecular weight is 374 g/mol. The number of anilines is 1. The van der Waals surface area contributed by atoms with Crippen LogP contribution >= 0.6 is 0 Å². The van der Waals surface area contributed by atoms with Crippen molar-refractivity contribution < 1.29 is 4.79 Å². The van der Waals surface area contributed by atoms with Gasteiger partial charge in [0.1, 0.15) is 5.82 Å². The molecule has 1 amide bonds. The first-order chi connectivity index (χ1) is 13.6. The highest BCUT2D eigenvalue weighted by atomic mass is 16.1. The quantitative estimate of drug-likeness (QED) is 0.407. The number of hydrogen-bond donors (Lipinski definition) is 4. The molecule has 5 N–H and O–H groups in total. The largest absolute Gasteiger partial charge is 0.370 e. The Kier molecular flexibility index (Phi) is 4.41. The number of H-pyrrole nitrogens is 1. The number of pyridine rings is 2. The van der Waals surface area contributed by atoms with Gasteiger partial charge >= 0.3 is 0 Å². The minimum absolute atomic E-state index is 0.0621. The Bertz CT molecular complexity index is 1240. The number of primary amides is 1. The Balaban J connectivity index is 2.06. The predicted molar refractivity (Wildman–Crippen MR) is 109 cm³/mol. The number of carbonyl (C=O) groups is 1. The number of nitrogens with zero attached hydrogens (tertiary/aromatic N) is 2. The number of benzene rings is 1. The van der Waals surface area contributed by atoms with Crippen LogP contribution in [0.2, 0.25) is 0 Å². The van der Waals surface area contributed by atoms with E-state index in [2.05, 4.69) is 37.7 Å². The van der Waals surface area contributed by atoms with Gasteiger partial charge in [-0.3, -0.25) is 9.59 Å². The summed E-state index contributed by atoms with van der Waals surface area (Å²) in [5, 5.41) is 9.33. The molecule has 4 rings (SSSR count). The van der Waals surface area contributed by atoms with E-state index >= 15 is 0 Å². The van der Waals surface area contributed by atoms with Crippen molar-refractivity contribution in [3.05, 3.63) is 45.9 Å². The first-order valence-electron chi connectivity index (χ1n) is 8.90. The molecule has 1 unspecified atom stereocenters. The van der Waals surface area contributed by atoms with E-state index in [-0.39, 0.29) is 11.6 Å². The summed E-state index contributed by atoms with van der Waals surface area (Å²) >= 11 is 0. The molecule has 0 saturated heterocycles. The van der Waals surface area contributed by atoms with Crippen LogP contribution in [0.4, 0.5) is 5.82 Å². The normalized spacial score (nSPS) is 15.2. The maximum absolute atomic E-state index is 12.7. The third-order valence-corrected chi connectivity index (χ3v) is 4.59. The van der Waals surface area contributed by atoms with Gasteiger partial charge in [0.2, 0.25) is 0 Å². The first kappa shape index (κ1) is 17.5. The molecular weight excluding hydrogens is 356 g/mol. The molecule has 3 aromatic rings. The fourth-order valence-electron chi connectivity index (χ4n) is 3.34. The third kappa shape index (κ3) is 3.03. The van der Waals surface area contributed by atoms with Gasteiger partial charge in [-0.25, -0.2) is 4.98 Å². The van der Waals surface area contributed by atoms with E-state index in [1.54, 1.807) is 0 Å². The molecule has 0 saturated carbocycles. The van der Waals surface area contributed by atoms with E-state index < -0.39 is 5.91 Å². The molecule has 0 radical (unpaired) electrons. The van der Waals surface area contributed by atoms with Gasteiger partial charge in [0.05, 0.1) is 22.5 Å². The number of aromatic nitrogens is 2. The number of hydrogen-bond acceptors (Lipinski definition) is 6. The van der Waals surface area contributed by atoms with E-state index in [4.69, 9.17) is 5.73 Å². The Morgan fingerprint density at radius 2 is 2.25 bits per heavy atom. The summed E-state index contributed by atoms with van der Waals surface area (Å²) in [6.45, 7) is 2.64. The Hall–Kier alpha value is -3.86. The highest BCUT2D eigenvalue weighted by Gasteiger charge is 2.18. The van der Waals surface area contributed by atoms with Crippen molar-refractivity contribution >= 4 is 39.6 Å². The number of nitrogens with one attached hydrogen (secondary N) is 3. The number of nitrogens with two attached hydrogens (primary N) is 1. The molecule has 1 aliphatic heterocycles. The smallest absolute Gasteiger partial charge is 0.293 e. The predicted octanol–water partition coefficient (Wildman–Crippen LogP) is 1.37. The second kappa shape index (κ2) is 7.04. The van der Waals surface area contributed by atoms with Crippen LogP contribution in [-0.4, -0.2) is 28.6 Å². The second-order valence-corrected chi connectivity index (χ2v) is 6.39. The minimum atomic E-state index is -0.748. The fraction of sp³-hybridized carbons (Fsp3) is 0.200. The van der Waals surface area contributed by atoms with Crippen LogP contribution in [0.15, 0.2) is 34.3 Å². The molecule has 2 aromatic heterocycles. The fourth-order valence-corrected chi connectivity index (χ4v) is 3.34. The van der Waals surface area contributed by atoms with Crippen molar-refractivity contribution in [3.8, 4) is 11.8 Å². The standard InChI is InChI=1S/C20H18N6O2/c1-2-22-19-13-5-3-11(15-7-8-24-26-15)9-14(13)17-18(25-19)12(4-6-16(21)27)10-23-20(17)28/h3,5,8-10,15,26H,2,7H2,1H3,(H2,21,27)(H,22,25)(H,23,28). The summed E-state index contributed by atoms with van der Waals surface area (Å²) in [6, 6.07) is 6.00. The van der Waals surface area contributed by atoms with Crippen LogP contribution in [0, 0.1) is 11.8 Å². The molecule has 1 aliphatic rings. The number of fused-ring (bicyclic) bond motifs is 3. The van der Waals surface area contributed by atoms with E-state index in [0.29, 0.717) is 28.8 Å². The van der Waals surface area contributed by atoms with Gasteiger partial charge in [0, 0.05) is 42.1 Å². The Morgan fingerprint density at radius 3 is 2.96 bits per heavy atom. The van der Waals surface area contributed by atoms with Crippen LogP contribution in [0.25, 0.3) is 21.7 Å². The van der Waals surface area contributed by atoms with Crippen LogP contribution in [0.1, 0.15) is 30.5 Å². The number of rotatable bonds is 3. The molecule has 1 atom stereocenters. The maximum atomic E-state index is 12.7. The lowest BCUT2D eigenvalue weighted by Crippen LogP contribution is -2.12. The third-order valence-electron chi connectivity index (χ3n) is 4.59. The zero-order valence-corrected chi connectivity index (χ0v) is 15.2. The van der Waals surface area contributed by atoms with E-state index in [0.717, 1.165) is 22.8 Å². The number of carbonyl (C=O) groups excluding carboxylic acids is 1. The van der Waals surface area contributed by atoms with Crippen LogP contribution < -0.4 is 22.0 Å². The van der Waals surface area contributed by atoms with Gasteiger partial charge in [0.25, 0.3) is 11.5 Å². The molecule has 3 heterocycles. The molecule has 140 valence electrons. The van der Waals surface area contributed by atoms with Crippen LogP contribution in [-0.2, 0) is 4.79 Å². The molecule has 0 fully saturated rings. The first-order valence-corrected chi connectivity index (χ1v) is 8.90. The summed E-state index contributed by atoms with van der Waals surface area (Å²) in [4.78, 5) is 31.1. The average Bonchev–Trinajstić information content (AvgIpc) is 3.22. The van der Waals surface area contributed by atoms with Crippen LogP contribution in [0.5, 0.6) is 0 Å². The SMILES string of the molecule is CCNc1nc2c(C#CC(N)=O)c[nH]c(=O)c2c2cc(C3CC=NN3)ccc12. The lowest BCUT2D eigenvalue weighted by Gasteiger charge is -2.15. The number of hydrazone groups is 1. The van der Waals surface area contributed by atoms with E-state index in [1.165, 1.54) is 6.20 Å². The van der Waals surface area contributed by atoms with Gasteiger partial charge in [-0.15, -0.1) is 0 Å². The minimum Gasteiger partial charge on any atom is -0.370 e. The maximum Gasteiger partial charge on any atom is 0.293 e. The molecule has 1 aromatic carbocycles. The van der Waals surface area contributed by atoms with Crippen LogP contribution in [0.3, 0.4) is 0 Å². The molecule has 8 heteroatoms. The number of amides is 1. The van der Waals surface area contributed by atoms with Gasteiger partial charge in [-0.05, 0) is 18.6 Å². The molecule has 0 bridgehead atoms. The Morgan fingerprint density at radius 1 is 1.39 bits per heavy atom. The Labute approximate surface area is 160 Å². The van der Waals surface area contributed by atoms with E-state index in [1.807, 2.05) is 31.3 Å². The number of aromatic amines is 1.